The Labute approximate surface area is 143 Å². The van der Waals surface area contributed by atoms with Crippen molar-refractivity contribution in [1.82, 2.24) is 9.88 Å². The first-order chi connectivity index (χ1) is 11.9. The molecule has 2 heterocycles. The van der Waals surface area contributed by atoms with E-state index in [1.807, 2.05) is 6.07 Å². The van der Waals surface area contributed by atoms with Gasteiger partial charge in [-0.3, -0.25) is 4.79 Å². The molecule has 1 atom stereocenters. The number of nitrogens with zero attached hydrogens (tertiary/aromatic N) is 3. The van der Waals surface area contributed by atoms with Crippen LogP contribution in [0, 0.1) is 17.2 Å². The molecule has 2 fully saturated rings. The van der Waals surface area contributed by atoms with Crippen LogP contribution in [-0.2, 0) is 11.0 Å². The molecule has 0 aromatic carbocycles. The van der Waals surface area contributed by atoms with E-state index in [2.05, 4.69) is 10.3 Å². The Hall–Kier alpha value is -2.30. The summed E-state index contributed by atoms with van der Waals surface area (Å²) in [6.45, 7) is 1.01. The second-order valence-corrected chi connectivity index (χ2v) is 6.60. The number of hydrogen-bond donors (Lipinski definition) is 1. The smallest absolute Gasteiger partial charge is 0.364 e. The summed E-state index contributed by atoms with van der Waals surface area (Å²) in [4.78, 5) is 17.8. The highest BCUT2D eigenvalue weighted by Gasteiger charge is 2.35. The van der Waals surface area contributed by atoms with Crippen LogP contribution < -0.4 is 5.32 Å². The Bertz CT molecular complexity index is 692. The van der Waals surface area contributed by atoms with Gasteiger partial charge >= 0.3 is 6.18 Å². The van der Waals surface area contributed by atoms with Gasteiger partial charge in [0.25, 0.3) is 0 Å². The monoisotopic (exact) mass is 352 g/mol. The molecular weight excluding hydrogens is 333 g/mol. The van der Waals surface area contributed by atoms with E-state index < -0.39 is 11.9 Å². The molecule has 1 amide bonds. The molecule has 1 unspecified atom stereocenters. The highest BCUT2D eigenvalue weighted by atomic mass is 19.4. The van der Waals surface area contributed by atoms with Crippen LogP contribution in [0.1, 0.15) is 43.4 Å². The third kappa shape index (κ3) is 3.86. The van der Waals surface area contributed by atoms with Crippen molar-refractivity contribution in [2.75, 3.05) is 18.4 Å². The van der Waals surface area contributed by atoms with E-state index in [1.54, 1.807) is 4.90 Å². The lowest BCUT2D eigenvalue weighted by Gasteiger charge is -2.21. The van der Waals surface area contributed by atoms with Crippen molar-refractivity contribution in [3.63, 3.8) is 0 Å². The van der Waals surface area contributed by atoms with Gasteiger partial charge in [-0.15, -0.1) is 0 Å². The Balaban J connectivity index is 1.68. The molecular formula is C17H19F3N4O. The fourth-order valence-electron chi connectivity index (χ4n) is 3.52. The molecule has 1 N–H and O–H groups in total. The summed E-state index contributed by atoms with van der Waals surface area (Å²) in [6, 6.07) is 3.57. The molecule has 0 bridgehead atoms. The van der Waals surface area contributed by atoms with Crippen LogP contribution in [0.15, 0.2) is 12.1 Å². The maximum Gasteiger partial charge on any atom is 0.433 e. The molecule has 1 aromatic rings. The average molecular weight is 352 g/mol. The van der Waals surface area contributed by atoms with E-state index in [4.69, 9.17) is 5.26 Å². The summed E-state index contributed by atoms with van der Waals surface area (Å²) < 4.78 is 38.5. The summed E-state index contributed by atoms with van der Waals surface area (Å²) >= 11 is 0. The number of carbonyl (C=O) groups excluding carboxylic acids is 1. The summed E-state index contributed by atoms with van der Waals surface area (Å²) in [6.07, 6.45) is 0.0470. The van der Waals surface area contributed by atoms with Crippen LogP contribution in [0.2, 0.25) is 0 Å². The molecule has 1 saturated heterocycles. The minimum Gasteiger partial charge on any atom is -0.364 e. The molecule has 8 heteroatoms. The molecule has 5 nitrogen and oxygen atoms in total. The predicted molar refractivity (Wildman–Crippen MR) is 84.5 cm³/mol. The van der Waals surface area contributed by atoms with Crippen molar-refractivity contribution in [2.24, 2.45) is 5.92 Å². The number of anilines is 1. The molecule has 3 rings (SSSR count). The van der Waals surface area contributed by atoms with Gasteiger partial charge in [-0.25, -0.2) is 4.98 Å². The third-order valence-corrected chi connectivity index (χ3v) is 4.85. The van der Waals surface area contributed by atoms with E-state index >= 15 is 0 Å². The minimum absolute atomic E-state index is 0.0635. The first-order valence-electron chi connectivity index (χ1n) is 8.42. The van der Waals surface area contributed by atoms with Gasteiger partial charge in [-0.05, 0) is 31.4 Å². The standard InChI is InChI=1S/C17H19F3N4O/c18-17(19,20)14-6-5-12(9-21)15(23-14)22-13-7-8-24(10-13)16(25)11-3-1-2-4-11/h5-6,11,13H,1-4,7-8,10H2,(H,22,23). The maximum atomic E-state index is 12.8. The highest BCUT2D eigenvalue weighted by molar-refractivity contribution is 5.79. The quantitative estimate of drug-likeness (QED) is 0.907. The zero-order valence-electron chi connectivity index (χ0n) is 13.6. The van der Waals surface area contributed by atoms with Crippen LogP contribution in [-0.4, -0.2) is 34.9 Å². The Morgan fingerprint density at radius 1 is 1.28 bits per heavy atom. The van der Waals surface area contributed by atoms with Crippen molar-refractivity contribution in [3.8, 4) is 6.07 Å². The molecule has 134 valence electrons. The lowest BCUT2D eigenvalue weighted by atomic mass is 10.1. The van der Waals surface area contributed by atoms with Crippen molar-refractivity contribution >= 4 is 11.7 Å². The minimum atomic E-state index is -4.56. The van der Waals surface area contributed by atoms with Gasteiger partial charge in [0.1, 0.15) is 17.6 Å². The van der Waals surface area contributed by atoms with Gasteiger partial charge in [0.15, 0.2) is 0 Å². The maximum absolute atomic E-state index is 12.8. The van der Waals surface area contributed by atoms with Gasteiger partial charge in [-0.1, -0.05) is 12.8 Å². The van der Waals surface area contributed by atoms with Crippen LogP contribution in [0.5, 0.6) is 0 Å². The largest absolute Gasteiger partial charge is 0.433 e. The van der Waals surface area contributed by atoms with Crippen LogP contribution in [0.3, 0.4) is 0 Å². The normalized spacial score (nSPS) is 21.4. The SMILES string of the molecule is N#Cc1ccc(C(F)(F)F)nc1NC1CCN(C(=O)C2CCCC2)C1. The number of rotatable bonds is 3. The number of pyridine rings is 1. The van der Waals surface area contributed by atoms with E-state index in [1.165, 1.54) is 0 Å². The molecule has 1 saturated carbocycles. The second kappa shape index (κ2) is 6.90. The summed E-state index contributed by atoms with van der Waals surface area (Å²) in [7, 11) is 0. The van der Waals surface area contributed by atoms with Crippen molar-refractivity contribution in [3.05, 3.63) is 23.4 Å². The van der Waals surface area contributed by atoms with Crippen molar-refractivity contribution in [2.45, 2.75) is 44.3 Å². The Morgan fingerprint density at radius 2 is 2.00 bits per heavy atom. The molecule has 0 spiro atoms. The number of nitrogens with one attached hydrogen (secondary N) is 1. The number of alkyl halides is 3. The number of nitriles is 1. The van der Waals surface area contributed by atoms with Gasteiger partial charge in [-0.2, -0.15) is 18.4 Å². The molecule has 25 heavy (non-hydrogen) atoms. The lowest BCUT2D eigenvalue weighted by Crippen LogP contribution is -2.35. The van der Waals surface area contributed by atoms with Crippen molar-refractivity contribution in [1.29, 1.82) is 5.26 Å². The Morgan fingerprint density at radius 3 is 2.64 bits per heavy atom. The zero-order chi connectivity index (χ0) is 18.0. The van der Waals surface area contributed by atoms with E-state index in [0.717, 1.165) is 37.8 Å². The lowest BCUT2D eigenvalue weighted by molar-refractivity contribution is -0.141. The number of likely N-dealkylation sites (tertiary alicyclic amines) is 1. The second-order valence-electron chi connectivity index (χ2n) is 6.60. The molecule has 0 radical (unpaired) electrons. The van der Waals surface area contributed by atoms with E-state index in [-0.39, 0.29) is 29.2 Å². The van der Waals surface area contributed by atoms with Gasteiger partial charge < -0.3 is 10.2 Å². The number of halogens is 3. The van der Waals surface area contributed by atoms with Gasteiger partial charge in [0, 0.05) is 25.0 Å². The topological polar surface area (TPSA) is 69.0 Å². The summed E-state index contributed by atoms with van der Waals surface area (Å²) in [5.41, 5.74) is -0.973. The third-order valence-electron chi connectivity index (χ3n) is 4.85. The number of carbonyl (C=O) groups is 1. The number of hydrogen-bond acceptors (Lipinski definition) is 4. The summed E-state index contributed by atoms with van der Waals surface area (Å²) in [5.74, 6) is 0.150. The fourth-order valence-corrected chi connectivity index (χ4v) is 3.52. The predicted octanol–water partition coefficient (Wildman–Crippen LogP) is 3.18. The van der Waals surface area contributed by atoms with E-state index in [9.17, 15) is 18.0 Å². The average Bonchev–Trinajstić information content (AvgIpc) is 3.25. The van der Waals surface area contributed by atoms with E-state index in [0.29, 0.717) is 19.5 Å². The molecule has 2 aliphatic rings. The van der Waals surface area contributed by atoms with Crippen LogP contribution in [0.25, 0.3) is 0 Å². The molecule has 1 aliphatic carbocycles. The van der Waals surface area contributed by atoms with Crippen molar-refractivity contribution < 1.29 is 18.0 Å². The highest BCUT2D eigenvalue weighted by Crippen LogP contribution is 2.31. The molecule has 1 aliphatic heterocycles. The fraction of sp³-hybridized carbons (Fsp3) is 0.588. The van der Waals surface area contributed by atoms with Crippen LogP contribution >= 0.6 is 0 Å². The molecule has 1 aromatic heterocycles. The number of aromatic nitrogens is 1. The first kappa shape index (κ1) is 17.5. The van der Waals surface area contributed by atoms with Gasteiger partial charge in [0.05, 0.1) is 5.56 Å². The summed E-state index contributed by atoms with van der Waals surface area (Å²) in [5, 5.41) is 12.0. The zero-order valence-corrected chi connectivity index (χ0v) is 13.6. The van der Waals surface area contributed by atoms with Crippen LogP contribution in [0.4, 0.5) is 19.0 Å². The number of amides is 1. The first-order valence-corrected chi connectivity index (χ1v) is 8.42. The Kier molecular flexibility index (Phi) is 4.84. The van der Waals surface area contributed by atoms with Gasteiger partial charge in [0.2, 0.25) is 5.91 Å².